The number of aromatic amines is 2. The zero-order valence-corrected chi connectivity index (χ0v) is 16.4. The molecule has 9 heteroatoms. The van der Waals surface area contributed by atoms with E-state index in [0.717, 1.165) is 23.9 Å². The van der Waals surface area contributed by atoms with Crippen LogP contribution in [-0.2, 0) is 6.54 Å². The number of benzene rings is 1. The quantitative estimate of drug-likeness (QED) is 0.396. The number of rotatable bonds is 5. The lowest BCUT2D eigenvalue weighted by Gasteiger charge is -2.07. The minimum absolute atomic E-state index is 0.226. The van der Waals surface area contributed by atoms with E-state index >= 15 is 0 Å². The van der Waals surface area contributed by atoms with E-state index in [9.17, 15) is 9.90 Å². The molecular weight excluding hydrogens is 382 g/mol. The summed E-state index contributed by atoms with van der Waals surface area (Å²) >= 11 is 0. The fourth-order valence-electron chi connectivity index (χ4n) is 3.30. The summed E-state index contributed by atoms with van der Waals surface area (Å²) in [6, 6.07) is 10.5. The van der Waals surface area contributed by atoms with Crippen LogP contribution in [0.5, 0.6) is 5.88 Å². The molecule has 1 saturated carbocycles. The van der Waals surface area contributed by atoms with Gasteiger partial charge in [-0.3, -0.25) is 9.98 Å². The van der Waals surface area contributed by atoms with Crippen molar-refractivity contribution in [2.24, 2.45) is 4.99 Å². The molecule has 4 N–H and O–H groups in total. The zero-order valence-electron chi connectivity index (χ0n) is 16.4. The van der Waals surface area contributed by atoms with Crippen molar-refractivity contribution in [2.45, 2.75) is 32.4 Å². The molecule has 1 fully saturated rings. The van der Waals surface area contributed by atoms with E-state index in [-0.39, 0.29) is 11.6 Å². The molecule has 3 heterocycles. The van der Waals surface area contributed by atoms with Crippen molar-refractivity contribution in [2.75, 3.05) is 5.32 Å². The van der Waals surface area contributed by atoms with Gasteiger partial charge in [0.05, 0.1) is 12.2 Å². The van der Waals surface area contributed by atoms with Crippen molar-refractivity contribution >= 4 is 17.5 Å². The van der Waals surface area contributed by atoms with Crippen molar-refractivity contribution in [3.8, 4) is 5.88 Å². The van der Waals surface area contributed by atoms with Crippen LogP contribution in [0.4, 0.5) is 5.82 Å². The van der Waals surface area contributed by atoms with E-state index in [0.29, 0.717) is 29.3 Å². The van der Waals surface area contributed by atoms with Crippen molar-refractivity contribution in [3.63, 3.8) is 0 Å². The van der Waals surface area contributed by atoms with Gasteiger partial charge in [-0.15, -0.1) is 0 Å². The molecule has 0 atom stereocenters. The number of imidazole rings is 1. The summed E-state index contributed by atoms with van der Waals surface area (Å²) in [5.41, 5.74) is 3.47. The maximum atomic E-state index is 11.4. The highest BCUT2D eigenvalue weighted by molar-refractivity contribution is 5.58. The monoisotopic (exact) mass is 403 g/mol. The normalized spacial score (nSPS) is 15.2. The molecule has 0 bridgehead atoms. The van der Waals surface area contributed by atoms with Crippen molar-refractivity contribution in [1.82, 2.24) is 24.6 Å². The largest absolute Gasteiger partial charge is 0.493 e. The SMILES string of the molecule is Cc1cccc(CNc2cc(=NC3CC3)n3ncc(=Cc4[nH]c(=O)[nH]c4O)c3n2)c1. The number of fused-ring (bicyclic) bond motifs is 1. The Labute approximate surface area is 170 Å². The highest BCUT2D eigenvalue weighted by Gasteiger charge is 2.20. The van der Waals surface area contributed by atoms with E-state index in [4.69, 9.17) is 9.98 Å². The Balaban J connectivity index is 1.59. The molecule has 9 nitrogen and oxygen atoms in total. The van der Waals surface area contributed by atoms with Crippen LogP contribution >= 0.6 is 0 Å². The molecule has 5 rings (SSSR count). The number of aryl methyl sites for hydroxylation is 1. The number of aromatic hydroxyl groups is 1. The van der Waals surface area contributed by atoms with E-state index < -0.39 is 5.69 Å². The van der Waals surface area contributed by atoms with Gasteiger partial charge >= 0.3 is 5.69 Å². The molecular formula is C21H21N7O2. The van der Waals surface area contributed by atoms with Gasteiger partial charge in [-0.1, -0.05) is 29.8 Å². The first-order valence-electron chi connectivity index (χ1n) is 9.80. The summed E-state index contributed by atoms with van der Waals surface area (Å²) in [7, 11) is 0. The molecule has 0 spiro atoms. The first-order valence-corrected chi connectivity index (χ1v) is 9.80. The Morgan fingerprint density at radius 2 is 2.20 bits per heavy atom. The predicted octanol–water partition coefficient (Wildman–Crippen LogP) is 0.983. The number of H-pyrrole nitrogens is 2. The van der Waals surface area contributed by atoms with Crippen molar-refractivity contribution in [3.05, 3.63) is 74.5 Å². The van der Waals surface area contributed by atoms with Gasteiger partial charge in [0.1, 0.15) is 11.5 Å². The summed E-state index contributed by atoms with van der Waals surface area (Å²) in [6.07, 6.45) is 5.43. The number of nitrogens with one attached hydrogen (secondary N) is 3. The molecule has 0 radical (unpaired) electrons. The van der Waals surface area contributed by atoms with Crippen LogP contribution in [0.3, 0.4) is 0 Å². The topological polar surface area (TPSA) is 123 Å². The standard InChI is InChI=1S/C21H21N7O2/c1-12-3-2-4-13(7-12)10-22-17-9-18(24-15-5-6-15)28-19(26-17)14(11-23-28)8-16-20(29)27-21(30)25-16/h2-4,7-9,11,15,22,29H,5-6,10H2,1H3,(H2,25,27,30). The highest BCUT2D eigenvalue weighted by atomic mass is 16.3. The third-order valence-corrected chi connectivity index (χ3v) is 4.93. The van der Waals surface area contributed by atoms with Gasteiger partial charge in [-0.25, -0.2) is 9.78 Å². The molecule has 1 aliphatic rings. The Morgan fingerprint density at radius 1 is 1.33 bits per heavy atom. The van der Waals surface area contributed by atoms with Gasteiger partial charge in [0, 0.05) is 17.8 Å². The predicted molar refractivity (Wildman–Crippen MR) is 112 cm³/mol. The number of hydrogen-bond acceptors (Lipinski definition) is 6. The van der Waals surface area contributed by atoms with Crippen LogP contribution in [0.15, 0.2) is 46.3 Å². The Morgan fingerprint density at radius 3 is 2.93 bits per heavy atom. The highest BCUT2D eigenvalue weighted by Crippen LogP contribution is 2.22. The number of hydrogen-bond donors (Lipinski definition) is 4. The molecule has 0 saturated heterocycles. The van der Waals surface area contributed by atoms with Gasteiger partial charge in [-0.05, 0) is 31.4 Å². The molecule has 0 amide bonds. The molecule has 30 heavy (non-hydrogen) atoms. The van der Waals surface area contributed by atoms with Gasteiger partial charge in [0.2, 0.25) is 5.88 Å². The fourth-order valence-corrected chi connectivity index (χ4v) is 3.30. The summed E-state index contributed by atoms with van der Waals surface area (Å²) in [5.74, 6) is 0.460. The first-order chi connectivity index (χ1) is 14.5. The summed E-state index contributed by atoms with van der Waals surface area (Å²) in [6.45, 7) is 2.70. The number of aromatic nitrogens is 5. The van der Waals surface area contributed by atoms with Gasteiger partial charge < -0.3 is 15.4 Å². The molecule has 0 unspecified atom stereocenters. The van der Waals surface area contributed by atoms with Crippen LogP contribution in [0.25, 0.3) is 11.7 Å². The van der Waals surface area contributed by atoms with E-state index in [1.54, 1.807) is 16.8 Å². The van der Waals surface area contributed by atoms with Crippen molar-refractivity contribution < 1.29 is 5.11 Å². The van der Waals surface area contributed by atoms with Gasteiger partial charge in [-0.2, -0.15) is 9.61 Å². The lowest BCUT2D eigenvalue weighted by atomic mass is 10.1. The average molecular weight is 403 g/mol. The molecule has 152 valence electrons. The maximum Gasteiger partial charge on any atom is 0.326 e. The molecule has 1 aliphatic carbocycles. The second-order valence-electron chi connectivity index (χ2n) is 7.52. The van der Waals surface area contributed by atoms with Crippen LogP contribution in [0.2, 0.25) is 0 Å². The summed E-state index contributed by atoms with van der Waals surface area (Å²) in [4.78, 5) is 25.8. The van der Waals surface area contributed by atoms with Crippen molar-refractivity contribution in [1.29, 1.82) is 0 Å². The fraction of sp³-hybridized carbons (Fsp3) is 0.238. The summed E-state index contributed by atoms with van der Waals surface area (Å²) in [5, 5.41) is 18.3. The van der Waals surface area contributed by atoms with E-state index in [1.807, 2.05) is 12.1 Å². The van der Waals surface area contributed by atoms with Gasteiger partial charge in [0.25, 0.3) is 0 Å². The molecule has 4 aromatic rings. The second-order valence-corrected chi connectivity index (χ2v) is 7.52. The first kappa shape index (κ1) is 18.2. The molecule has 3 aromatic heterocycles. The molecule has 1 aromatic carbocycles. The zero-order chi connectivity index (χ0) is 20.7. The Bertz CT molecular complexity index is 1410. The minimum Gasteiger partial charge on any atom is -0.493 e. The molecule has 0 aliphatic heterocycles. The third kappa shape index (κ3) is 3.69. The van der Waals surface area contributed by atoms with Gasteiger partial charge in [0.15, 0.2) is 11.1 Å². The second kappa shape index (κ2) is 7.18. The number of anilines is 1. The maximum absolute atomic E-state index is 11.4. The smallest absolute Gasteiger partial charge is 0.326 e. The van der Waals surface area contributed by atoms with Crippen LogP contribution in [0.1, 0.15) is 29.7 Å². The Kier molecular flexibility index (Phi) is 4.35. The summed E-state index contributed by atoms with van der Waals surface area (Å²) < 4.78 is 1.68. The van der Waals surface area contributed by atoms with E-state index in [1.165, 1.54) is 5.56 Å². The van der Waals surface area contributed by atoms with E-state index in [2.05, 4.69) is 45.5 Å². The van der Waals surface area contributed by atoms with Crippen LogP contribution in [-0.4, -0.2) is 35.7 Å². The van der Waals surface area contributed by atoms with Crippen LogP contribution < -0.4 is 21.7 Å². The number of nitrogens with zero attached hydrogens (tertiary/aromatic N) is 4. The van der Waals surface area contributed by atoms with Crippen LogP contribution in [0, 0.1) is 6.92 Å². The minimum atomic E-state index is -0.479. The Hall–Kier alpha value is -3.88. The lowest BCUT2D eigenvalue weighted by molar-refractivity contribution is 0.454. The average Bonchev–Trinajstić information content (AvgIpc) is 3.35. The lowest BCUT2D eigenvalue weighted by Crippen LogP contribution is -2.20. The third-order valence-electron chi connectivity index (χ3n) is 4.93.